The molecule has 84 valence electrons. The molecule has 1 aliphatic carbocycles. The highest BCUT2D eigenvalue weighted by Crippen LogP contribution is 2.21. The number of hydrogen-bond donors (Lipinski definition) is 2. The first-order valence-corrected chi connectivity index (χ1v) is 6.70. The van der Waals surface area contributed by atoms with Gasteiger partial charge in [-0.25, -0.2) is 0 Å². The van der Waals surface area contributed by atoms with E-state index in [4.69, 9.17) is 11.6 Å². The molecule has 1 saturated carbocycles. The van der Waals surface area contributed by atoms with Crippen LogP contribution in [0.3, 0.4) is 0 Å². The number of thiophene rings is 1. The quantitative estimate of drug-likeness (QED) is 0.804. The third kappa shape index (κ3) is 3.76. The van der Waals surface area contributed by atoms with Gasteiger partial charge in [0.25, 0.3) is 0 Å². The normalized spacial score (nSPS) is 18.0. The third-order valence-corrected chi connectivity index (χ3v) is 3.98. The molecule has 0 bridgehead atoms. The van der Waals surface area contributed by atoms with Gasteiger partial charge in [-0.05, 0) is 31.2 Å². The van der Waals surface area contributed by atoms with E-state index in [0.29, 0.717) is 6.04 Å². The van der Waals surface area contributed by atoms with Gasteiger partial charge in [0.2, 0.25) is 0 Å². The highest BCUT2D eigenvalue weighted by molar-refractivity contribution is 7.10. The van der Waals surface area contributed by atoms with Crippen LogP contribution in [0.2, 0.25) is 5.02 Å². The number of rotatable bonds is 6. The van der Waals surface area contributed by atoms with Gasteiger partial charge in [-0.1, -0.05) is 11.6 Å². The summed E-state index contributed by atoms with van der Waals surface area (Å²) in [5.74, 6) is 0. The van der Waals surface area contributed by atoms with Gasteiger partial charge in [0.1, 0.15) is 0 Å². The van der Waals surface area contributed by atoms with E-state index in [1.165, 1.54) is 17.7 Å². The predicted octanol–water partition coefficient (Wildman–Crippen LogP) is 2.63. The maximum atomic E-state index is 6.02. The topological polar surface area (TPSA) is 24.1 Å². The SMILES string of the molecule is CC(CNC1CC1)NCc1sccc1Cl. The lowest BCUT2D eigenvalue weighted by Gasteiger charge is -2.13. The molecule has 0 spiro atoms. The number of nitrogens with one attached hydrogen (secondary N) is 2. The first-order chi connectivity index (χ1) is 7.25. The average Bonchev–Trinajstić information content (AvgIpc) is 2.96. The minimum atomic E-state index is 0.503. The molecule has 1 atom stereocenters. The lowest BCUT2D eigenvalue weighted by molar-refractivity contribution is 0.502. The highest BCUT2D eigenvalue weighted by atomic mass is 35.5. The molecule has 0 aromatic carbocycles. The van der Waals surface area contributed by atoms with E-state index in [9.17, 15) is 0 Å². The minimum Gasteiger partial charge on any atom is -0.312 e. The maximum absolute atomic E-state index is 6.02. The van der Waals surface area contributed by atoms with Crippen LogP contribution in [0.4, 0.5) is 0 Å². The van der Waals surface area contributed by atoms with Crippen molar-refractivity contribution in [3.63, 3.8) is 0 Å². The van der Waals surface area contributed by atoms with Crippen molar-refractivity contribution in [1.82, 2.24) is 10.6 Å². The van der Waals surface area contributed by atoms with Crippen LogP contribution in [-0.2, 0) is 6.54 Å². The molecule has 2 rings (SSSR count). The van der Waals surface area contributed by atoms with Crippen LogP contribution in [0.5, 0.6) is 0 Å². The van der Waals surface area contributed by atoms with Gasteiger partial charge < -0.3 is 10.6 Å². The van der Waals surface area contributed by atoms with Gasteiger partial charge in [0.05, 0.1) is 5.02 Å². The second kappa shape index (κ2) is 5.30. The molecule has 0 saturated heterocycles. The lowest BCUT2D eigenvalue weighted by atomic mass is 10.3. The van der Waals surface area contributed by atoms with Crippen LogP contribution in [0.15, 0.2) is 11.4 Å². The summed E-state index contributed by atoms with van der Waals surface area (Å²) in [6, 6.07) is 3.25. The maximum Gasteiger partial charge on any atom is 0.0558 e. The molecule has 0 amide bonds. The van der Waals surface area contributed by atoms with E-state index in [1.54, 1.807) is 11.3 Å². The summed E-state index contributed by atoms with van der Waals surface area (Å²) in [6.45, 7) is 4.13. The van der Waals surface area contributed by atoms with E-state index in [0.717, 1.165) is 24.2 Å². The summed E-state index contributed by atoms with van der Waals surface area (Å²) in [7, 11) is 0. The second-order valence-corrected chi connectivity index (χ2v) is 5.56. The fourth-order valence-electron chi connectivity index (χ4n) is 1.42. The minimum absolute atomic E-state index is 0.503. The first-order valence-electron chi connectivity index (χ1n) is 5.44. The Morgan fingerprint density at radius 3 is 3.00 bits per heavy atom. The van der Waals surface area contributed by atoms with Crippen LogP contribution in [0, 0.1) is 0 Å². The molecule has 0 radical (unpaired) electrons. The second-order valence-electron chi connectivity index (χ2n) is 4.16. The van der Waals surface area contributed by atoms with Crippen LogP contribution in [-0.4, -0.2) is 18.6 Å². The highest BCUT2D eigenvalue weighted by Gasteiger charge is 2.20. The smallest absolute Gasteiger partial charge is 0.0558 e. The van der Waals surface area contributed by atoms with Gasteiger partial charge in [-0.15, -0.1) is 11.3 Å². The number of hydrogen-bond acceptors (Lipinski definition) is 3. The van der Waals surface area contributed by atoms with Crippen molar-refractivity contribution in [2.75, 3.05) is 6.54 Å². The van der Waals surface area contributed by atoms with E-state index in [1.807, 2.05) is 11.4 Å². The Morgan fingerprint density at radius 2 is 2.40 bits per heavy atom. The Kier molecular flexibility index (Phi) is 4.03. The van der Waals surface area contributed by atoms with Crippen molar-refractivity contribution >= 4 is 22.9 Å². The van der Waals surface area contributed by atoms with Crippen molar-refractivity contribution in [2.24, 2.45) is 0 Å². The summed E-state index contributed by atoms with van der Waals surface area (Å²) >= 11 is 7.73. The van der Waals surface area contributed by atoms with Crippen molar-refractivity contribution in [3.8, 4) is 0 Å². The van der Waals surface area contributed by atoms with Gasteiger partial charge in [0.15, 0.2) is 0 Å². The first kappa shape index (κ1) is 11.4. The summed E-state index contributed by atoms with van der Waals surface area (Å²) in [6.07, 6.45) is 2.70. The fraction of sp³-hybridized carbons (Fsp3) is 0.636. The zero-order valence-corrected chi connectivity index (χ0v) is 10.5. The van der Waals surface area contributed by atoms with Gasteiger partial charge in [0, 0.05) is 30.1 Å². The Labute approximate surface area is 100 Å². The molecule has 1 aromatic heterocycles. The summed E-state index contributed by atoms with van der Waals surface area (Å²) in [4.78, 5) is 1.23. The molecule has 15 heavy (non-hydrogen) atoms. The molecule has 1 fully saturated rings. The van der Waals surface area contributed by atoms with Crippen molar-refractivity contribution in [1.29, 1.82) is 0 Å². The van der Waals surface area contributed by atoms with Crippen molar-refractivity contribution < 1.29 is 0 Å². The van der Waals surface area contributed by atoms with E-state index < -0.39 is 0 Å². The molecule has 2 N–H and O–H groups in total. The predicted molar refractivity (Wildman–Crippen MR) is 66.7 cm³/mol. The molecule has 2 nitrogen and oxygen atoms in total. The summed E-state index contributed by atoms with van der Waals surface area (Å²) in [5, 5.41) is 9.90. The van der Waals surface area contributed by atoms with Crippen molar-refractivity contribution in [3.05, 3.63) is 21.3 Å². The van der Waals surface area contributed by atoms with Gasteiger partial charge >= 0.3 is 0 Å². The summed E-state index contributed by atoms with van der Waals surface area (Å²) < 4.78 is 0. The molecular weight excluding hydrogens is 228 g/mol. The zero-order chi connectivity index (χ0) is 10.7. The van der Waals surface area contributed by atoms with E-state index in [-0.39, 0.29) is 0 Å². The molecule has 1 unspecified atom stereocenters. The Bertz CT molecular complexity index is 309. The Hall–Kier alpha value is -0.0900. The largest absolute Gasteiger partial charge is 0.312 e. The molecule has 1 aromatic rings. The summed E-state index contributed by atoms with van der Waals surface area (Å²) in [5.41, 5.74) is 0. The van der Waals surface area contributed by atoms with Crippen LogP contribution >= 0.6 is 22.9 Å². The van der Waals surface area contributed by atoms with E-state index >= 15 is 0 Å². The monoisotopic (exact) mass is 244 g/mol. The van der Waals surface area contributed by atoms with E-state index in [2.05, 4.69) is 17.6 Å². The zero-order valence-electron chi connectivity index (χ0n) is 8.92. The molecular formula is C11H17ClN2S. The molecule has 1 heterocycles. The average molecular weight is 245 g/mol. The Morgan fingerprint density at radius 1 is 1.60 bits per heavy atom. The standard InChI is InChI=1S/C11H17ClN2S/c1-8(6-14-9-2-3-9)13-7-11-10(12)4-5-15-11/h4-5,8-9,13-14H,2-3,6-7H2,1H3. The molecule has 1 aliphatic rings. The molecule has 4 heteroatoms. The lowest BCUT2D eigenvalue weighted by Crippen LogP contribution is -2.36. The van der Waals surface area contributed by atoms with Crippen LogP contribution < -0.4 is 10.6 Å². The Balaban J connectivity index is 1.65. The van der Waals surface area contributed by atoms with Gasteiger partial charge in [-0.3, -0.25) is 0 Å². The molecule has 0 aliphatic heterocycles. The van der Waals surface area contributed by atoms with Gasteiger partial charge in [-0.2, -0.15) is 0 Å². The third-order valence-electron chi connectivity index (χ3n) is 2.59. The number of halogens is 1. The fourth-order valence-corrected chi connectivity index (χ4v) is 2.48. The van der Waals surface area contributed by atoms with Crippen LogP contribution in [0.25, 0.3) is 0 Å². The van der Waals surface area contributed by atoms with Crippen molar-refractivity contribution in [2.45, 2.75) is 38.4 Å². The van der Waals surface area contributed by atoms with Crippen LogP contribution in [0.1, 0.15) is 24.6 Å².